The molecule has 29 heavy (non-hydrogen) atoms. The zero-order chi connectivity index (χ0) is 21.6. The topological polar surface area (TPSA) is 90.9 Å². The quantitative estimate of drug-likeness (QED) is 0.515. The minimum atomic E-state index is -0.604. The third-order valence-electron chi connectivity index (χ3n) is 4.33. The molecule has 0 radical (unpaired) electrons. The molecule has 1 aromatic heterocycles. The van der Waals surface area contributed by atoms with Crippen LogP contribution in [-0.2, 0) is 14.2 Å². The Balaban J connectivity index is 2.36. The number of thiophene rings is 1. The molecule has 1 heterocycles. The van der Waals surface area contributed by atoms with Crippen LogP contribution in [0.4, 0.5) is 5.00 Å². The largest absolute Gasteiger partial charge is 0.462 e. The highest BCUT2D eigenvalue weighted by Crippen LogP contribution is 2.34. The van der Waals surface area contributed by atoms with Crippen molar-refractivity contribution in [2.75, 3.05) is 32.2 Å². The van der Waals surface area contributed by atoms with Crippen LogP contribution in [0.2, 0.25) is 0 Å². The van der Waals surface area contributed by atoms with Gasteiger partial charge in [0, 0.05) is 12.7 Å². The monoisotopic (exact) mass is 419 g/mol. The maximum atomic E-state index is 12.7. The lowest BCUT2D eigenvalue weighted by atomic mass is 10.1. The Morgan fingerprint density at radius 3 is 2.34 bits per heavy atom. The van der Waals surface area contributed by atoms with Crippen molar-refractivity contribution in [1.82, 2.24) is 0 Å². The van der Waals surface area contributed by atoms with E-state index >= 15 is 0 Å². The van der Waals surface area contributed by atoms with Crippen LogP contribution >= 0.6 is 11.3 Å². The van der Waals surface area contributed by atoms with Gasteiger partial charge in [0.2, 0.25) is 0 Å². The Labute approximate surface area is 174 Å². The second kappa shape index (κ2) is 10.2. The summed E-state index contributed by atoms with van der Waals surface area (Å²) in [5, 5.41) is 3.00. The molecule has 0 saturated heterocycles. The lowest BCUT2D eigenvalue weighted by Crippen LogP contribution is -2.15. The molecule has 0 spiro atoms. The number of methoxy groups -OCH3 is 1. The van der Waals surface area contributed by atoms with Gasteiger partial charge in [0.25, 0.3) is 5.91 Å². The highest BCUT2D eigenvalue weighted by atomic mass is 32.1. The molecule has 0 aliphatic heterocycles. The average molecular weight is 419 g/mol. The zero-order valence-corrected chi connectivity index (χ0v) is 18.0. The average Bonchev–Trinajstić information content (AvgIpc) is 3.00. The number of anilines is 1. The van der Waals surface area contributed by atoms with Crippen LogP contribution in [0.5, 0.6) is 0 Å². The van der Waals surface area contributed by atoms with E-state index in [4.69, 9.17) is 14.2 Å². The summed E-state index contributed by atoms with van der Waals surface area (Å²) < 4.78 is 15.1. The van der Waals surface area contributed by atoms with Crippen LogP contribution in [-0.4, -0.2) is 44.8 Å². The molecule has 8 heteroatoms. The molecule has 0 unspecified atom stereocenters. The first-order valence-electron chi connectivity index (χ1n) is 9.15. The molecular formula is C21H25NO6S. The van der Waals surface area contributed by atoms with Gasteiger partial charge in [0.05, 0.1) is 18.8 Å². The van der Waals surface area contributed by atoms with Gasteiger partial charge in [-0.2, -0.15) is 0 Å². The van der Waals surface area contributed by atoms with E-state index < -0.39 is 11.9 Å². The second-order valence-electron chi connectivity index (χ2n) is 6.36. The summed E-state index contributed by atoms with van der Waals surface area (Å²) in [6.45, 7) is 7.71. The lowest BCUT2D eigenvalue weighted by molar-refractivity contribution is 0.0392. The third-order valence-corrected chi connectivity index (χ3v) is 5.52. The summed E-state index contributed by atoms with van der Waals surface area (Å²) in [5.74, 6) is -1.56. The first kappa shape index (κ1) is 22.6. The first-order chi connectivity index (χ1) is 13.8. The Kier molecular flexibility index (Phi) is 7.92. The smallest absolute Gasteiger partial charge is 0.348 e. The van der Waals surface area contributed by atoms with Crippen LogP contribution in [0.3, 0.4) is 0 Å². The molecule has 1 N–H and O–H groups in total. The van der Waals surface area contributed by atoms with E-state index in [1.807, 2.05) is 19.9 Å². The lowest BCUT2D eigenvalue weighted by Gasteiger charge is -2.08. The van der Waals surface area contributed by atoms with Crippen molar-refractivity contribution in [2.24, 2.45) is 0 Å². The Morgan fingerprint density at radius 2 is 1.72 bits per heavy atom. The maximum absolute atomic E-state index is 12.7. The summed E-state index contributed by atoms with van der Waals surface area (Å²) >= 11 is 0.989. The number of hydrogen-bond acceptors (Lipinski definition) is 7. The molecular weight excluding hydrogens is 394 g/mol. The molecule has 0 aliphatic rings. The van der Waals surface area contributed by atoms with E-state index in [1.165, 1.54) is 7.11 Å². The minimum absolute atomic E-state index is 0.0890. The van der Waals surface area contributed by atoms with Gasteiger partial charge in [-0.15, -0.1) is 11.3 Å². The van der Waals surface area contributed by atoms with Crippen LogP contribution < -0.4 is 5.32 Å². The molecule has 156 valence electrons. The Morgan fingerprint density at radius 1 is 1.00 bits per heavy atom. The molecule has 0 atom stereocenters. The van der Waals surface area contributed by atoms with Gasteiger partial charge < -0.3 is 19.5 Å². The van der Waals surface area contributed by atoms with Crippen LogP contribution in [0.15, 0.2) is 18.2 Å². The molecule has 7 nitrogen and oxygen atoms in total. The summed E-state index contributed by atoms with van der Waals surface area (Å²) in [6, 6.07) is 5.34. The summed E-state index contributed by atoms with van der Waals surface area (Å²) in [4.78, 5) is 37.8. The Hall–Kier alpha value is -2.71. The van der Waals surface area contributed by atoms with Crippen molar-refractivity contribution in [2.45, 2.75) is 27.7 Å². The van der Waals surface area contributed by atoms with Crippen LogP contribution in [0.1, 0.15) is 54.0 Å². The van der Waals surface area contributed by atoms with Crippen molar-refractivity contribution < 1.29 is 28.6 Å². The number of nitrogens with one attached hydrogen (secondary N) is 1. The standard InChI is InChI=1S/C21H25NO6S/c1-6-27-20(24)16-14(4)17(21(25)28-10-9-26-5)29-19(16)22-18(23)15-8-7-12(2)13(3)11-15/h7-8,11H,6,9-10H2,1-5H3,(H,22,23). The summed E-state index contributed by atoms with van der Waals surface area (Å²) in [7, 11) is 1.50. The predicted octanol–water partition coefficient (Wildman–Crippen LogP) is 3.91. The first-order valence-corrected chi connectivity index (χ1v) is 9.96. The number of hydrogen-bond donors (Lipinski definition) is 1. The molecule has 1 aromatic carbocycles. The van der Waals surface area contributed by atoms with Gasteiger partial charge in [0.15, 0.2) is 0 Å². The number of ether oxygens (including phenoxy) is 3. The van der Waals surface area contributed by atoms with E-state index in [1.54, 1.807) is 26.0 Å². The van der Waals surface area contributed by atoms with Crippen LogP contribution in [0, 0.1) is 20.8 Å². The number of amides is 1. The second-order valence-corrected chi connectivity index (χ2v) is 7.38. The Bertz CT molecular complexity index is 918. The number of esters is 2. The van der Waals surface area contributed by atoms with E-state index in [9.17, 15) is 14.4 Å². The van der Waals surface area contributed by atoms with Gasteiger partial charge in [-0.05, 0) is 56.5 Å². The molecule has 0 fully saturated rings. The van der Waals surface area contributed by atoms with E-state index in [2.05, 4.69) is 5.32 Å². The maximum Gasteiger partial charge on any atom is 0.348 e. The molecule has 2 aromatic rings. The number of rotatable bonds is 8. The van der Waals surface area contributed by atoms with Gasteiger partial charge >= 0.3 is 11.9 Å². The van der Waals surface area contributed by atoms with Crippen molar-refractivity contribution in [3.05, 3.63) is 50.9 Å². The van der Waals surface area contributed by atoms with Gasteiger partial charge in [-0.1, -0.05) is 6.07 Å². The summed E-state index contributed by atoms with van der Waals surface area (Å²) in [6.07, 6.45) is 0. The fraction of sp³-hybridized carbons (Fsp3) is 0.381. The fourth-order valence-corrected chi connectivity index (χ4v) is 3.67. The van der Waals surface area contributed by atoms with Crippen molar-refractivity contribution in [3.8, 4) is 0 Å². The number of aryl methyl sites for hydroxylation is 2. The molecule has 2 rings (SSSR count). The van der Waals surface area contributed by atoms with Crippen molar-refractivity contribution in [1.29, 1.82) is 0 Å². The SMILES string of the molecule is CCOC(=O)c1c(NC(=O)c2ccc(C)c(C)c2)sc(C(=O)OCCOC)c1C. The predicted molar refractivity (Wildman–Crippen MR) is 111 cm³/mol. The van der Waals surface area contributed by atoms with Crippen molar-refractivity contribution in [3.63, 3.8) is 0 Å². The molecule has 0 aliphatic carbocycles. The number of carbonyl (C=O) groups is 3. The molecule has 1 amide bonds. The number of benzene rings is 1. The van der Waals surface area contributed by atoms with E-state index in [0.29, 0.717) is 11.1 Å². The zero-order valence-electron chi connectivity index (χ0n) is 17.2. The van der Waals surface area contributed by atoms with Gasteiger partial charge in [-0.3, -0.25) is 4.79 Å². The number of carbonyl (C=O) groups excluding carboxylic acids is 3. The minimum Gasteiger partial charge on any atom is -0.462 e. The van der Waals surface area contributed by atoms with E-state index in [-0.39, 0.29) is 41.2 Å². The highest BCUT2D eigenvalue weighted by Gasteiger charge is 2.27. The molecule has 0 saturated carbocycles. The van der Waals surface area contributed by atoms with Gasteiger partial charge in [0.1, 0.15) is 16.5 Å². The normalized spacial score (nSPS) is 10.5. The van der Waals surface area contributed by atoms with Crippen molar-refractivity contribution >= 4 is 34.2 Å². The third kappa shape index (κ3) is 5.42. The van der Waals surface area contributed by atoms with Gasteiger partial charge in [-0.25, -0.2) is 9.59 Å². The van der Waals surface area contributed by atoms with Crippen LogP contribution in [0.25, 0.3) is 0 Å². The fourth-order valence-electron chi connectivity index (χ4n) is 2.59. The highest BCUT2D eigenvalue weighted by molar-refractivity contribution is 7.18. The van der Waals surface area contributed by atoms with E-state index in [0.717, 1.165) is 22.5 Å². The summed E-state index contributed by atoms with van der Waals surface area (Å²) in [5.41, 5.74) is 3.08. The molecule has 0 bridgehead atoms.